The van der Waals surface area contributed by atoms with E-state index >= 15 is 0 Å². The average Bonchev–Trinajstić information content (AvgIpc) is 2.77. The predicted octanol–water partition coefficient (Wildman–Crippen LogP) is 2.29. The summed E-state index contributed by atoms with van der Waals surface area (Å²) in [5.74, 6) is 0. The Morgan fingerprint density at radius 2 is 2.12 bits per heavy atom. The first-order valence-corrected chi connectivity index (χ1v) is 5.87. The van der Waals surface area contributed by atoms with Crippen LogP contribution in [-0.2, 0) is 0 Å². The lowest BCUT2D eigenvalue weighted by Gasteiger charge is -2.06. The molecule has 0 aliphatic carbocycles. The van der Waals surface area contributed by atoms with Crippen molar-refractivity contribution in [1.82, 2.24) is 15.0 Å². The fraction of sp³-hybridized carbons (Fsp3) is 0.385. The van der Waals surface area contributed by atoms with Gasteiger partial charge in [-0.15, -0.1) is 5.10 Å². The summed E-state index contributed by atoms with van der Waals surface area (Å²) >= 11 is 0. The van der Waals surface area contributed by atoms with E-state index in [-0.39, 0.29) is 6.04 Å². The number of hydrogen-bond donors (Lipinski definition) is 1. The second-order valence-electron chi connectivity index (χ2n) is 4.39. The Labute approximate surface area is 101 Å². The van der Waals surface area contributed by atoms with E-state index in [9.17, 15) is 0 Å². The van der Waals surface area contributed by atoms with Crippen LogP contribution in [0.15, 0.2) is 24.4 Å². The quantitative estimate of drug-likeness (QED) is 0.880. The monoisotopic (exact) mass is 230 g/mol. The van der Waals surface area contributed by atoms with Crippen LogP contribution in [0.4, 0.5) is 0 Å². The minimum Gasteiger partial charge on any atom is -0.323 e. The summed E-state index contributed by atoms with van der Waals surface area (Å²) in [5.41, 5.74) is 10.3. The minimum atomic E-state index is -0.0329. The molecule has 0 aliphatic heterocycles. The SMILES string of the molecule is CCC(N)c1cn(-c2ccc(C)cc2C)nn1. The minimum absolute atomic E-state index is 0.0329. The molecule has 1 heterocycles. The van der Waals surface area contributed by atoms with Gasteiger partial charge in [-0.1, -0.05) is 29.8 Å². The summed E-state index contributed by atoms with van der Waals surface area (Å²) in [5, 5.41) is 8.25. The van der Waals surface area contributed by atoms with Crippen molar-refractivity contribution in [2.75, 3.05) is 0 Å². The van der Waals surface area contributed by atoms with Crippen LogP contribution < -0.4 is 5.73 Å². The molecule has 1 atom stereocenters. The first kappa shape index (κ1) is 11.8. The Morgan fingerprint density at radius 3 is 2.76 bits per heavy atom. The first-order valence-electron chi connectivity index (χ1n) is 5.87. The highest BCUT2D eigenvalue weighted by molar-refractivity contribution is 5.41. The molecule has 0 spiro atoms. The third kappa shape index (κ3) is 2.36. The summed E-state index contributed by atoms with van der Waals surface area (Å²) in [7, 11) is 0. The molecule has 2 aromatic rings. The van der Waals surface area contributed by atoms with Crippen LogP contribution in [0, 0.1) is 13.8 Å². The molecule has 1 aromatic heterocycles. The molecular formula is C13H18N4. The van der Waals surface area contributed by atoms with Crippen molar-refractivity contribution in [3.63, 3.8) is 0 Å². The fourth-order valence-corrected chi connectivity index (χ4v) is 1.84. The second kappa shape index (κ2) is 4.67. The third-order valence-electron chi connectivity index (χ3n) is 2.93. The van der Waals surface area contributed by atoms with Crippen molar-refractivity contribution in [2.45, 2.75) is 33.2 Å². The van der Waals surface area contributed by atoms with Gasteiger partial charge in [0.15, 0.2) is 0 Å². The van der Waals surface area contributed by atoms with E-state index in [1.54, 1.807) is 4.68 Å². The van der Waals surface area contributed by atoms with E-state index in [1.165, 1.54) is 11.1 Å². The second-order valence-corrected chi connectivity index (χ2v) is 4.39. The van der Waals surface area contributed by atoms with Crippen LogP contribution in [0.2, 0.25) is 0 Å². The normalized spacial score (nSPS) is 12.7. The highest BCUT2D eigenvalue weighted by atomic mass is 15.4. The molecule has 0 aliphatic rings. The van der Waals surface area contributed by atoms with Crippen molar-refractivity contribution >= 4 is 0 Å². The summed E-state index contributed by atoms with van der Waals surface area (Å²) in [6.07, 6.45) is 2.78. The predicted molar refractivity (Wildman–Crippen MR) is 68.1 cm³/mol. The van der Waals surface area contributed by atoms with Gasteiger partial charge >= 0.3 is 0 Å². The molecule has 4 nitrogen and oxygen atoms in total. The van der Waals surface area contributed by atoms with Gasteiger partial charge in [-0.25, -0.2) is 4.68 Å². The van der Waals surface area contributed by atoms with E-state index in [0.29, 0.717) is 0 Å². The maximum Gasteiger partial charge on any atom is 0.0998 e. The highest BCUT2D eigenvalue weighted by Crippen LogP contribution is 2.16. The molecule has 4 heteroatoms. The largest absolute Gasteiger partial charge is 0.323 e. The zero-order valence-electron chi connectivity index (χ0n) is 10.5. The summed E-state index contributed by atoms with van der Waals surface area (Å²) in [6, 6.07) is 6.23. The maximum absolute atomic E-state index is 5.93. The Kier molecular flexibility index (Phi) is 3.24. The molecule has 0 amide bonds. The van der Waals surface area contributed by atoms with E-state index in [2.05, 4.69) is 42.4 Å². The van der Waals surface area contributed by atoms with Gasteiger partial charge in [0, 0.05) is 0 Å². The van der Waals surface area contributed by atoms with Gasteiger partial charge in [-0.05, 0) is 31.9 Å². The lowest BCUT2D eigenvalue weighted by Crippen LogP contribution is -2.08. The van der Waals surface area contributed by atoms with Crippen molar-refractivity contribution in [1.29, 1.82) is 0 Å². The van der Waals surface area contributed by atoms with Crippen molar-refractivity contribution in [3.8, 4) is 5.69 Å². The zero-order chi connectivity index (χ0) is 12.4. The number of aryl methyl sites for hydroxylation is 2. The summed E-state index contributed by atoms with van der Waals surface area (Å²) in [6.45, 7) is 6.20. The van der Waals surface area contributed by atoms with E-state index in [4.69, 9.17) is 5.73 Å². The molecule has 0 saturated heterocycles. The number of nitrogens with two attached hydrogens (primary N) is 1. The Hall–Kier alpha value is -1.68. The summed E-state index contributed by atoms with van der Waals surface area (Å²) in [4.78, 5) is 0. The number of hydrogen-bond acceptors (Lipinski definition) is 3. The number of benzene rings is 1. The number of aromatic nitrogens is 3. The molecule has 90 valence electrons. The Balaban J connectivity index is 2.37. The van der Waals surface area contributed by atoms with Crippen LogP contribution in [0.25, 0.3) is 5.69 Å². The molecule has 2 rings (SSSR count). The third-order valence-corrected chi connectivity index (χ3v) is 2.93. The average molecular weight is 230 g/mol. The highest BCUT2D eigenvalue weighted by Gasteiger charge is 2.10. The fourth-order valence-electron chi connectivity index (χ4n) is 1.84. The summed E-state index contributed by atoms with van der Waals surface area (Å²) < 4.78 is 1.79. The van der Waals surface area contributed by atoms with E-state index < -0.39 is 0 Å². The maximum atomic E-state index is 5.93. The molecule has 1 unspecified atom stereocenters. The topological polar surface area (TPSA) is 56.7 Å². The van der Waals surface area contributed by atoms with Gasteiger partial charge in [0.2, 0.25) is 0 Å². The van der Waals surface area contributed by atoms with Gasteiger partial charge in [-0.2, -0.15) is 0 Å². The van der Waals surface area contributed by atoms with Crippen molar-refractivity contribution in [3.05, 3.63) is 41.2 Å². The van der Waals surface area contributed by atoms with E-state index in [0.717, 1.165) is 17.8 Å². The van der Waals surface area contributed by atoms with Crippen LogP contribution in [0.1, 0.15) is 36.2 Å². The van der Waals surface area contributed by atoms with Crippen LogP contribution in [0.3, 0.4) is 0 Å². The molecule has 2 N–H and O–H groups in total. The van der Waals surface area contributed by atoms with E-state index in [1.807, 2.05) is 13.1 Å². The zero-order valence-corrected chi connectivity index (χ0v) is 10.5. The lowest BCUT2D eigenvalue weighted by atomic mass is 10.1. The van der Waals surface area contributed by atoms with Crippen LogP contribution in [-0.4, -0.2) is 15.0 Å². The van der Waals surface area contributed by atoms with Crippen LogP contribution >= 0.6 is 0 Å². The smallest absolute Gasteiger partial charge is 0.0998 e. The van der Waals surface area contributed by atoms with Gasteiger partial charge in [-0.3, -0.25) is 0 Å². The molecule has 0 saturated carbocycles. The standard InChI is InChI=1S/C13H18N4/c1-4-11(14)12-8-17(16-15-12)13-6-5-9(2)7-10(13)3/h5-8,11H,4,14H2,1-3H3. The van der Waals surface area contributed by atoms with Crippen molar-refractivity contribution in [2.24, 2.45) is 5.73 Å². The Bertz CT molecular complexity index is 516. The molecule has 1 aromatic carbocycles. The van der Waals surface area contributed by atoms with Crippen LogP contribution in [0.5, 0.6) is 0 Å². The molecule has 0 fully saturated rings. The molecule has 0 bridgehead atoms. The number of nitrogens with zero attached hydrogens (tertiary/aromatic N) is 3. The van der Waals surface area contributed by atoms with Gasteiger partial charge in [0.25, 0.3) is 0 Å². The first-order chi connectivity index (χ1) is 8.11. The Morgan fingerprint density at radius 1 is 1.35 bits per heavy atom. The van der Waals surface area contributed by atoms with Gasteiger partial charge in [0.05, 0.1) is 23.6 Å². The molecule has 0 radical (unpaired) electrons. The van der Waals surface area contributed by atoms with Gasteiger partial charge in [0.1, 0.15) is 0 Å². The van der Waals surface area contributed by atoms with Crippen molar-refractivity contribution < 1.29 is 0 Å². The molecular weight excluding hydrogens is 212 g/mol. The van der Waals surface area contributed by atoms with Gasteiger partial charge < -0.3 is 5.73 Å². The lowest BCUT2D eigenvalue weighted by molar-refractivity contribution is 0.670. The number of rotatable bonds is 3. The molecule has 17 heavy (non-hydrogen) atoms.